The molecule has 0 saturated carbocycles. The molecule has 1 aromatic heterocycles. The fourth-order valence-corrected chi connectivity index (χ4v) is 2.75. The van der Waals surface area contributed by atoms with Crippen molar-refractivity contribution in [3.63, 3.8) is 0 Å². The fraction of sp³-hybridized carbons (Fsp3) is 0.538. The van der Waals surface area contributed by atoms with Gasteiger partial charge in [-0.2, -0.15) is 11.8 Å². The number of hydrogen-bond acceptors (Lipinski definition) is 3. The summed E-state index contributed by atoms with van der Waals surface area (Å²) in [6.45, 7) is 2.11. The third kappa shape index (κ3) is 4.02. The molecule has 1 atom stereocenters. The second-order valence-corrected chi connectivity index (χ2v) is 5.26. The number of likely N-dealkylation sites (N-methyl/N-ethyl adjacent to an activating group) is 1. The van der Waals surface area contributed by atoms with Crippen LogP contribution in [0.25, 0.3) is 0 Å². The maximum absolute atomic E-state index is 12.2. The van der Waals surface area contributed by atoms with Crippen LogP contribution in [0.3, 0.4) is 0 Å². The van der Waals surface area contributed by atoms with Crippen LogP contribution in [0, 0.1) is 0 Å². The summed E-state index contributed by atoms with van der Waals surface area (Å²) in [7, 11) is 1.77. The number of carboxylic acid groups (broad SMARTS) is 1. The zero-order valence-electron chi connectivity index (χ0n) is 11.5. The Morgan fingerprint density at radius 1 is 1.53 bits per heavy atom. The normalized spacial score (nSPS) is 12.2. The van der Waals surface area contributed by atoms with Crippen molar-refractivity contribution in [2.75, 3.05) is 19.1 Å². The molecule has 0 fully saturated rings. The summed E-state index contributed by atoms with van der Waals surface area (Å²) < 4.78 is 1.47. The van der Waals surface area contributed by atoms with Crippen LogP contribution in [-0.4, -0.2) is 51.5 Å². The number of carboxylic acids is 1. The van der Waals surface area contributed by atoms with E-state index in [0.29, 0.717) is 0 Å². The van der Waals surface area contributed by atoms with Crippen LogP contribution in [-0.2, 0) is 11.3 Å². The fourth-order valence-electron chi connectivity index (χ4n) is 1.90. The van der Waals surface area contributed by atoms with E-state index < -0.39 is 5.97 Å². The maximum atomic E-state index is 12.2. The van der Waals surface area contributed by atoms with Crippen LogP contribution in [0.2, 0.25) is 0 Å². The largest absolute Gasteiger partial charge is 0.477 e. The van der Waals surface area contributed by atoms with E-state index in [1.54, 1.807) is 36.0 Å². The van der Waals surface area contributed by atoms with E-state index in [1.165, 1.54) is 10.6 Å². The quantitative estimate of drug-likeness (QED) is 0.829. The lowest BCUT2D eigenvalue weighted by atomic mass is 10.2. The minimum atomic E-state index is -1.02. The van der Waals surface area contributed by atoms with Crippen molar-refractivity contribution in [3.8, 4) is 0 Å². The van der Waals surface area contributed by atoms with Crippen molar-refractivity contribution in [3.05, 3.63) is 24.0 Å². The summed E-state index contributed by atoms with van der Waals surface area (Å²) >= 11 is 1.70. The van der Waals surface area contributed by atoms with Gasteiger partial charge in [-0.25, -0.2) is 4.79 Å². The van der Waals surface area contributed by atoms with Gasteiger partial charge in [0.1, 0.15) is 12.2 Å². The highest BCUT2D eigenvalue weighted by Gasteiger charge is 2.19. The standard InChI is InChI=1S/C13H20N2O3S/c1-4-10(9-19-3)14(2)12(16)8-15-7-5-6-11(15)13(17)18/h5-7,10H,4,8-9H2,1-3H3,(H,17,18). The molecule has 5 nitrogen and oxygen atoms in total. The van der Waals surface area contributed by atoms with Crippen LogP contribution in [0.5, 0.6) is 0 Å². The third-order valence-electron chi connectivity index (χ3n) is 3.13. The average Bonchev–Trinajstić information content (AvgIpc) is 2.83. The van der Waals surface area contributed by atoms with Crippen molar-refractivity contribution >= 4 is 23.6 Å². The van der Waals surface area contributed by atoms with E-state index >= 15 is 0 Å². The Labute approximate surface area is 117 Å². The number of thioether (sulfide) groups is 1. The summed E-state index contributed by atoms with van der Waals surface area (Å²) in [5.74, 6) is -0.202. The molecule has 0 aliphatic carbocycles. The number of aromatic carboxylic acids is 1. The number of rotatable bonds is 7. The highest BCUT2D eigenvalue weighted by atomic mass is 32.2. The van der Waals surface area contributed by atoms with Crippen LogP contribution >= 0.6 is 11.8 Å². The SMILES string of the molecule is CCC(CSC)N(C)C(=O)Cn1cccc1C(=O)O. The first-order valence-electron chi connectivity index (χ1n) is 6.14. The average molecular weight is 284 g/mol. The Morgan fingerprint density at radius 2 is 2.21 bits per heavy atom. The molecule has 1 rings (SSSR count). The number of carbonyl (C=O) groups is 2. The van der Waals surface area contributed by atoms with E-state index in [9.17, 15) is 9.59 Å². The van der Waals surface area contributed by atoms with Gasteiger partial charge in [-0.3, -0.25) is 4.79 Å². The van der Waals surface area contributed by atoms with Gasteiger partial charge in [0.15, 0.2) is 0 Å². The van der Waals surface area contributed by atoms with Gasteiger partial charge in [-0.15, -0.1) is 0 Å². The van der Waals surface area contributed by atoms with Crippen LogP contribution in [0.15, 0.2) is 18.3 Å². The van der Waals surface area contributed by atoms with Gasteiger partial charge < -0.3 is 14.6 Å². The highest BCUT2D eigenvalue weighted by molar-refractivity contribution is 7.98. The number of hydrogen-bond donors (Lipinski definition) is 1. The van der Waals surface area contributed by atoms with E-state index in [2.05, 4.69) is 0 Å². The van der Waals surface area contributed by atoms with Crippen molar-refractivity contribution in [2.24, 2.45) is 0 Å². The molecule has 0 bridgehead atoms. The molecule has 1 amide bonds. The van der Waals surface area contributed by atoms with E-state index in [1.807, 2.05) is 13.2 Å². The molecule has 19 heavy (non-hydrogen) atoms. The maximum Gasteiger partial charge on any atom is 0.352 e. The number of aromatic nitrogens is 1. The predicted octanol–water partition coefficient (Wildman–Crippen LogP) is 1.79. The van der Waals surface area contributed by atoms with Crippen LogP contribution in [0.1, 0.15) is 23.8 Å². The molecular formula is C13H20N2O3S. The van der Waals surface area contributed by atoms with Crippen molar-refractivity contribution in [1.29, 1.82) is 0 Å². The Morgan fingerprint density at radius 3 is 2.74 bits per heavy atom. The molecule has 0 spiro atoms. The first-order valence-corrected chi connectivity index (χ1v) is 7.53. The lowest BCUT2D eigenvalue weighted by Gasteiger charge is -2.27. The van der Waals surface area contributed by atoms with Gasteiger partial charge in [-0.05, 0) is 24.8 Å². The number of amides is 1. The number of nitrogens with zero attached hydrogens (tertiary/aromatic N) is 2. The van der Waals surface area contributed by atoms with Crippen LogP contribution in [0.4, 0.5) is 0 Å². The second kappa shape index (κ2) is 7.23. The lowest BCUT2D eigenvalue weighted by Crippen LogP contribution is -2.40. The molecule has 0 aliphatic heterocycles. The Kier molecular flexibility index (Phi) is 5.95. The van der Waals surface area contributed by atoms with E-state index in [4.69, 9.17) is 5.11 Å². The molecule has 1 heterocycles. The Hall–Kier alpha value is -1.43. The summed E-state index contributed by atoms with van der Waals surface area (Å²) in [5, 5.41) is 9.00. The minimum absolute atomic E-state index is 0.0655. The first-order chi connectivity index (χ1) is 9.01. The molecule has 106 valence electrons. The lowest BCUT2D eigenvalue weighted by molar-refractivity contribution is -0.132. The summed E-state index contributed by atoms with van der Waals surface area (Å²) in [6.07, 6.45) is 4.51. The van der Waals surface area contributed by atoms with Crippen molar-refractivity contribution in [2.45, 2.75) is 25.9 Å². The van der Waals surface area contributed by atoms with Gasteiger partial charge in [0.2, 0.25) is 5.91 Å². The minimum Gasteiger partial charge on any atom is -0.477 e. The predicted molar refractivity (Wildman–Crippen MR) is 76.6 cm³/mol. The van der Waals surface area contributed by atoms with Gasteiger partial charge >= 0.3 is 5.97 Å². The Balaban J connectivity index is 2.73. The molecule has 0 aliphatic rings. The van der Waals surface area contributed by atoms with Crippen LogP contribution < -0.4 is 0 Å². The Bertz CT molecular complexity index is 445. The molecular weight excluding hydrogens is 264 g/mol. The molecule has 0 radical (unpaired) electrons. The van der Waals surface area contributed by atoms with Gasteiger partial charge in [0, 0.05) is 25.0 Å². The van der Waals surface area contributed by atoms with E-state index in [-0.39, 0.29) is 24.2 Å². The first kappa shape index (κ1) is 15.6. The molecule has 1 aromatic rings. The molecule has 0 aromatic carbocycles. The zero-order valence-corrected chi connectivity index (χ0v) is 12.3. The molecule has 1 N–H and O–H groups in total. The monoisotopic (exact) mass is 284 g/mol. The highest BCUT2D eigenvalue weighted by Crippen LogP contribution is 2.10. The van der Waals surface area contributed by atoms with Crippen molar-refractivity contribution < 1.29 is 14.7 Å². The molecule has 1 unspecified atom stereocenters. The van der Waals surface area contributed by atoms with Crippen molar-refractivity contribution in [1.82, 2.24) is 9.47 Å². The summed E-state index contributed by atoms with van der Waals surface area (Å²) in [5.41, 5.74) is 0.139. The summed E-state index contributed by atoms with van der Waals surface area (Å²) in [6, 6.07) is 3.32. The second-order valence-electron chi connectivity index (χ2n) is 4.35. The van der Waals surface area contributed by atoms with E-state index in [0.717, 1.165) is 12.2 Å². The zero-order chi connectivity index (χ0) is 14.4. The molecule has 0 saturated heterocycles. The topological polar surface area (TPSA) is 62.5 Å². The van der Waals surface area contributed by atoms with Gasteiger partial charge in [-0.1, -0.05) is 6.92 Å². The molecule has 6 heteroatoms. The van der Waals surface area contributed by atoms with Gasteiger partial charge in [0.05, 0.1) is 0 Å². The third-order valence-corrected chi connectivity index (χ3v) is 3.84. The van der Waals surface area contributed by atoms with Gasteiger partial charge in [0.25, 0.3) is 0 Å². The summed E-state index contributed by atoms with van der Waals surface area (Å²) in [4.78, 5) is 24.9. The number of carbonyl (C=O) groups excluding carboxylic acids is 1. The smallest absolute Gasteiger partial charge is 0.352 e.